The van der Waals surface area contributed by atoms with Crippen molar-refractivity contribution in [2.24, 2.45) is 0 Å². The van der Waals surface area contributed by atoms with E-state index in [1.54, 1.807) is 18.4 Å². The van der Waals surface area contributed by atoms with E-state index in [9.17, 15) is 4.79 Å². The van der Waals surface area contributed by atoms with Gasteiger partial charge < -0.3 is 10.1 Å². The van der Waals surface area contributed by atoms with E-state index in [2.05, 4.69) is 10.3 Å². The average molecular weight is 298 g/mol. The third-order valence-electron chi connectivity index (χ3n) is 3.03. The molecule has 0 atom stereocenters. The molecule has 2 aromatic carbocycles. The number of para-hydroxylation sites is 3. The van der Waals surface area contributed by atoms with Crippen molar-refractivity contribution in [3.8, 4) is 5.75 Å². The zero-order valence-electron chi connectivity index (χ0n) is 11.5. The summed E-state index contributed by atoms with van der Waals surface area (Å²) in [6, 6.07) is 15.2. The number of hydrogen-bond acceptors (Lipinski definition) is 4. The van der Waals surface area contributed by atoms with Gasteiger partial charge in [0, 0.05) is 0 Å². The van der Waals surface area contributed by atoms with E-state index in [0.717, 1.165) is 15.2 Å². The van der Waals surface area contributed by atoms with Gasteiger partial charge in [0.2, 0.25) is 5.91 Å². The normalized spacial score (nSPS) is 10.5. The van der Waals surface area contributed by atoms with Crippen LogP contribution >= 0.6 is 11.3 Å². The first-order chi connectivity index (χ1) is 10.3. The third-order valence-corrected chi connectivity index (χ3v) is 4.07. The summed E-state index contributed by atoms with van der Waals surface area (Å²) in [5.74, 6) is 0.550. The summed E-state index contributed by atoms with van der Waals surface area (Å²) in [5.41, 5.74) is 1.61. The number of carbonyl (C=O) groups excluding carboxylic acids is 1. The summed E-state index contributed by atoms with van der Waals surface area (Å²) in [4.78, 5) is 16.6. The number of rotatable bonds is 4. The van der Waals surface area contributed by atoms with Crippen LogP contribution in [0.5, 0.6) is 5.75 Å². The zero-order chi connectivity index (χ0) is 14.7. The highest BCUT2D eigenvalue weighted by Gasteiger charge is 2.11. The fourth-order valence-electron chi connectivity index (χ4n) is 2.08. The fourth-order valence-corrected chi connectivity index (χ4v) is 3.04. The van der Waals surface area contributed by atoms with Crippen LogP contribution in [0.15, 0.2) is 48.5 Å². The molecule has 4 nitrogen and oxygen atoms in total. The molecule has 3 aromatic rings. The molecule has 0 aliphatic heterocycles. The summed E-state index contributed by atoms with van der Waals surface area (Å²) in [6.07, 6.45) is 0.261. The number of ether oxygens (including phenoxy) is 1. The lowest BCUT2D eigenvalue weighted by Crippen LogP contribution is -2.14. The Kier molecular flexibility index (Phi) is 3.83. The molecule has 0 saturated heterocycles. The monoisotopic (exact) mass is 298 g/mol. The molecule has 1 heterocycles. The number of aromatic nitrogens is 1. The maximum atomic E-state index is 12.1. The SMILES string of the molecule is COc1ccccc1NC(=O)Cc1nc2ccccc2s1. The van der Waals surface area contributed by atoms with Gasteiger partial charge in [0.1, 0.15) is 10.8 Å². The summed E-state index contributed by atoms with van der Waals surface area (Å²) < 4.78 is 6.31. The van der Waals surface area contributed by atoms with Gasteiger partial charge in [0.25, 0.3) is 0 Å². The van der Waals surface area contributed by atoms with Crippen molar-refractivity contribution in [2.75, 3.05) is 12.4 Å². The van der Waals surface area contributed by atoms with Crippen LogP contribution in [0, 0.1) is 0 Å². The van der Waals surface area contributed by atoms with Gasteiger partial charge in [-0.3, -0.25) is 4.79 Å². The lowest BCUT2D eigenvalue weighted by Gasteiger charge is -2.08. The maximum absolute atomic E-state index is 12.1. The summed E-state index contributed by atoms with van der Waals surface area (Å²) in [7, 11) is 1.58. The molecule has 0 unspecified atom stereocenters. The molecule has 0 aliphatic rings. The average Bonchev–Trinajstić information content (AvgIpc) is 2.89. The molecule has 1 N–H and O–H groups in total. The second kappa shape index (κ2) is 5.93. The van der Waals surface area contributed by atoms with Crippen LogP contribution < -0.4 is 10.1 Å². The molecule has 0 fully saturated rings. The Hall–Kier alpha value is -2.40. The summed E-state index contributed by atoms with van der Waals surface area (Å²) >= 11 is 1.54. The Bertz CT molecular complexity index is 750. The van der Waals surface area contributed by atoms with E-state index in [-0.39, 0.29) is 12.3 Å². The minimum Gasteiger partial charge on any atom is -0.495 e. The van der Waals surface area contributed by atoms with Crippen molar-refractivity contribution in [1.29, 1.82) is 0 Å². The molecular weight excluding hydrogens is 284 g/mol. The fraction of sp³-hybridized carbons (Fsp3) is 0.125. The Labute approximate surface area is 126 Å². The second-order valence-corrected chi connectivity index (χ2v) is 5.62. The zero-order valence-corrected chi connectivity index (χ0v) is 12.3. The molecule has 0 radical (unpaired) electrons. The molecule has 21 heavy (non-hydrogen) atoms. The van der Waals surface area contributed by atoms with E-state index >= 15 is 0 Å². The van der Waals surface area contributed by atoms with Gasteiger partial charge in [-0.05, 0) is 24.3 Å². The number of amides is 1. The molecule has 0 saturated carbocycles. The van der Waals surface area contributed by atoms with Gasteiger partial charge >= 0.3 is 0 Å². The number of anilines is 1. The van der Waals surface area contributed by atoms with Crippen LogP contribution in [0.3, 0.4) is 0 Å². The number of carbonyl (C=O) groups is 1. The number of methoxy groups -OCH3 is 1. The predicted octanol–water partition coefficient (Wildman–Crippen LogP) is 3.49. The van der Waals surface area contributed by atoms with Gasteiger partial charge in [0.15, 0.2) is 0 Å². The van der Waals surface area contributed by atoms with Crippen LogP contribution in [0.1, 0.15) is 5.01 Å². The lowest BCUT2D eigenvalue weighted by atomic mass is 10.3. The largest absolute Gasteiger partial charge is 0.495 e. The number of fused-ring (bicyclic) bond motifs is 1. The molecule has 5 heteroatoms. The molecule has 1 amide bonds. The van der Waals surface area contributed by atoms with E-state index in [0.29, 0.717) is 11.4 Å². The van der Waals surface area contributed by atoms with Crippen molar-refractivity contribution in [1.82, 2.24) is 4.98 Å². The number of nitrogens with one attached hydrogen (secondary N) is 1. The van der Waals surface area contributed by atoms with Crippen molar-refractivity contribution < 1.29 is 9.53 Å². The maximum Gasteiger partial charge on any atom is 0.231 e. The first-order valence-corrected chi connectivity index (χ1v) is 7.35. The topological polar surface area (TPSA) is 51.2 Å². The smallest absolute Gasteiger partial charge is 0.231 e. The molecule has 0 spiro atoms. The minimum absolute atomic E-state index is 0.0986. The standard InChI is InChI=1S/C16H14N2O2S/c1-20-13-8-4-2-6-11(13)17-15(19)10-16-18-12-7-3-5-9-14(12)21-16/h2-9H,10H2,1H3,(H,17,19). The Morgan fingerprint density at radius 1 is 1.19 bits per heavy atom. The van der Waals surface area contributed by atoms with Gasteiger partial charge in [-0.25, -0.2) is 4.98 Å². The van der Waals surface area contributed by atoms with E-state index in [4.69, 9.17) is 4.74 Å². The highest BCUT2D eigenvalue weighted by molar-refractivity contribution is 7.18. The predicted molar refractivity (Wildman–Crippen MR) is 84.9 cm³/mol. The van der Waals surface area contributed by atoms with Crippen LogP contribution in [-0.2, 0) is 11.2 Å². The van der Waals surface area contributed by atoms with Crippen molar-refractivity contribution in [3.63, 3.8) is 0 Å². The second-order valence-electron chi connectivity index (χ2n) is 4.50. The van der Waals surface area contributed by atoms with Gasteiger partial charge in [-0.15, -0.1) is 11.3 Å². The first kappa shape index (κ1) is 13.6. The minimum atomic E-state index is -0.0986. The molecule has 1 aromatic heterocycles. The van der Waals surface area contributed by atoms with E-state index < -0.39 is 0 Å². The quantitative estimate of drug-likeness (QED) is 0.802. The third kappa shape index (κ3) is 3.03. The highest BCUT2D eigenvalue weighted by Crippen LogP contribution is 2.25. The van der Waals surface area contributed by atoms with Crippen LogP contribution in [0.4, 0.5) is 5.69 Å². The first-order valence-electron chi connectivity index (χ1n) is 6.53. The molecule has 106 valence electrons. The van der Waals surface area contributed by atoms with Gasteiger partial charge in [-0.2, -0.15) is 0 Å². The van der Waals surface area contributed by atoms with Gasteiger partial charge in [-0.1, -0.05) is 24.3 Å². The Morgan fingerprint density at radius 3 is 2.76 bits per heavy atom. The Balaban J connectivity index is 1.74. The molecule has 0 aliphatic carbocycles. The van der Waals surface area contributed by atoms with Gasteiger partial charge in [0.05, 0.1) is 29.4 Å². The van der Waals surface area contributed by atoms with Crippen LogP contribution in [0.2, 0.25) is 0 Å². The number of hydrogen-bond donors (Lipinski definition) is 1. The van der Waals surface area contributed by atoms with Crippen molar-refractivity contribution >= 4 is 33.1 Å². The summed E-state index contributed by atoms with van der Waals surface area (Å²) in [5, 5.41) is 3.67. The van der Waals surface area contributed by atoms with E-state index in [1.165, 1.54) is 0 Å². The van der Waals surface area contributed by atoms with Crippen molar-refractivity contribution in [2.45, 2.75) is 6.42 Å². The molecular formula is C16H14N2O2S. The molecule has 0 bridgehead atoms. The summed E-state index contributed by atoms with van der Waals surface area (Å²) in [6.45, 7) is 0. The lowest BCUT2D eigenvalue weighted by molar-refractivity contribution is -0.115. The van der Waals surface area contributed by atoms with Crippen LogP contribution in [-0.4, -0.2) is 18.0 Å². The Morgan fingerprint density at radius 2 is 1.95 bits per heavy atom. The molecule has 3 rings (SSSR count). The van der Waals surface area contributed by atoms with Crippen LogP contribution in [0.25, 0.3) is 10.2 Å². The van der Waals surface area contributed by atoms with Crippen molar-refractivity contribution in [3.05, 3.63) is 53.5 Å². The number of benzene rings is 2. The van der Waals surface area contributed by atoms with E-state index in [1.807, 2.05) is 48.5 Å². The highest BCUT2D eigenvalue weighted by atomic mass is 32.1. The number of thiazole rings is 1. The number of nitrogens with zero attached hydrogens (tertiary/aromatic N) is 1.